The van der Waals surface area contributed by atoms with Crippen LogP contribution in [0.1, 0.15) is 13.3 Å². The number of nitrogens with one attached hydrogen (secondary N) is 1. The van der Waals surface area contributed by atoms with Crippen molar-refractivity contribution >= 4 is 23.1 Å². The number of benzene rings is 1. The van der Waals surface area contributed by atoms with Crippen LogP contribution in [0.25, 0.3) is 0 Å². The molecule has 2 unspecified atom stereocenters. The average Bonchev–Trinajstić information content (AvgIpc) is 2.32. The SMILES string of the molecule is CC(=O)C1CC=COC1Nc1ccc(Cl)cc1. The number of carbonyl (C=O) groups is 1. The van der Waals surface area contributed by atoms with Gasteiger partial charge >= 0.3 is 0 Å². The Morgan fingerprint density at radius 3 is 2.76 bits per heavy atom. The number of rotatable bonds is 3. The van der Waals surface area contributed by atoms with Crippen molar-refractivity contribution in [3.63, 3.8) is 0 Å². The summed E-state index contributed by atoms with van der Waals surface area (Å²) in [4.78, 5) is 11.5. The number of carbonyl (C=O) groups excluding carboxylic acids is 1. The lowest BCUT2D eigenvalue weighted by atomic mass is 9.97. The van der Waals surface area contributed by atoms with E-state index in [9.17, 15) is 4.79 Å². The van der Waals surface area contributed by atoms with E-state index in [4.69, 9.17) is 16.3 Å². The third kappa shape index (κ3) is 3.01. The monoisotopic (exact) mass is 251 g/mol. The van der Waals surface area contributed by atoms with Crippen molar-refractivity contribution < 1.29 is 9.53 Å². The van der Waals surface area contributed by atoms with Gasteiger partial charge in [-0.15, -0.1) is 0 Å². The molecule has 0 saturated carbocycles. The predicted molar refractivity (Wildman–Crippen MR) is 67.9 cm³/mol. The summed E-state index contributed by atoms with van der Waals surface area (Å²) in [5, 5.41) is 3.87. The Morgan fingerprint density at radius 2 is 2.12 bits per heavy atom. The highest BCUT2D eigenvalue weighted by atomic mass is 35.5. The molecule has 1 aliphatic heterocycles. The highest BCUT2D eigenvalue weighted by Crippen LogP contribution is 2.22. The molecule has 0 radical (unpaired) electrons. The summed E-state index contributed by atoms with van der Waals surface area (Å²) < 4.78 is 5.44. The van der Waals surface area contributed by atoms with Gasteiger partial charge in [-0.25, -0.2) is 0 Å². The lowest BCUT2D eigenvalue weighted by Gasteiger charge is -2.28. The summed E-state index contributed by atoms with van der Waals surface area (Å²) in [7, 11) is 0. The molecule has 1 aromatic rings. The molecule has 1 N–H and O–H groups in total. The van der Waals surface area contributed by atoms with Gasteiger partial charge < -0.3 is 10.1 Å². The molecule has 1 heterocycles. The molecule has 0 amide bonds. The molecule has 1 aliphatic rings. The molecule has 3 nitrogen and oxygen atoms in total. The van der Waals surface area contributed by atoms with Gasteiger partial charge in [0.25, 0.3) is 0 Å². The fourth-order valence-corrected chi connectivity index (χ4v) is 1.91. The van der Waals surface area contributed by atoms with E-state index in [-0.39, 0.29) is 17.9 Å². The van der Waals surface area contributed by atoms with Crippen molar-refractivity contribution in [2.24, 2.45) is 5.92 Å². The van der Waals surface area contributed by atoms with E-state index in [1.54, 1.807) is 25.3 Å². The van der Waals surface area contributed by atoms with Crippen molar-refractivity contribution in [2.75, 3.05) is 5.32 Å². The Hall–Kier alpha value is -1.48. The lowest BCUT2D eigenvalue weighted by molar-refractivity contribution is -0.124. The molecule has 0 aliphatic carbocycles. The molecule has 0 bridgehead atoms. The number of anilines is 1. The predicted octanol–water partition coefficient (Wildman–Crippen LogP) is 3.22. The van der Waals surface area contributed by atoms with Crippen molar-refractivity contribution in [2.45, 2.75) is 19.6 Å². The molecule has 2 rings (SSSR count). The van der Waals surface area contributed by atoms with E-state index in [1.165, 1.54) is 0 Å². The van der Waals surface area contributed by atoms with Crippen LogP contribution in [0.5, 0.6) is 0 Å². The second-order valence-corrected chi connectivity index (χ2v) is 4.47. The minimum absolute atomic E-state index is 0.126. The molecule has 0 aromatic heterocycles. The fourth-order valence-electron chi connectivity index (χ4n) is 1.78. The maximum Gasteiger partial charge on any atom is 0.179 e. The first-order valence-corrected chi connectivity index (χ1v) is 5.87. The second-order valence-electron chi connectivity index (χ2n) is 4.03. The zero-order valence-corrected chi connectivity index (χ0v) is 10.3. The third-order valence-electron chi connectivity index (χ3n) is 2.75. The smallest absolute Gasteiger partial charge is 0.179 e. The van der Waals surface area contributed by atoms with Gasteiger partial charge in [-0.2, -0.15) is 0 Å². The summed E-state index contributed by atoms with van der Waals surface area (Å²) in [5.74, 6) is -0.0171. The number of ether oxygens (including phenoxy) is 1. The van der Waals surface area contributed by atoms with Crippen LogP contribution < -0.4 is 5.32 Å². The largest absolute Gasteiger partial charge is 0.478 e. The Labute approximate surface area is 105 Å². The molecule has 0 fully saturated rings. The van der Waals surface area contributed by atoms with Gasteiger partial charge in [0.15, 0.2) is 6.23 Å². The zero-order valence-electron chi connectivity index (χ0n) is 9.52. The molecule has 0 saturated heterocycles. The van der Waals surface area contributed by atoms with Crippen LogP contribution >= 0.6 is 11.6 Å². The number of hydrogen-bond donors (Lipinski definition) is 1. The molecular formula is C13H14ClNO2. The Bertz CT molecular complexity index is 428. The lowest BCUT2D eigenvalue weighted by Crippen LogP contribution is -2.36. The Morgan fingerprint density at radius 1 is 1.41 bits per heavy atom. The average molecular weight is 252 g/mol. The molecule has 17 heavy (non-hydrogen) atoms. The van der Waals surface area contributed by atoms with Gasteiger partial charge in [0.2, 0.25) is 0 Å². The van der Waals surface area contributed by atoms with Gasteiger partial charge in [0, 0.05) is 10.7 Å². The van der Waals surface area contributed by atoms with E-state index < -0.39 is 0 Å². The zero-order chi connectivity index (χ0) is 12.3. The van der Waals surface area contributed by atoms with Gasteiger partial charge in [0.05, 0.1) is 12.2 Å². The summed E-state index contributed by atoms with van der Waals surface area (Å²) in [5.41, 5.74) is 0.890. The standard InChI is InChI=1S/C13H14ClNO2/c1-9(16)12-3-2-8-17-13(12)15-11-6-4-10(14)5-7-11/h2,4-8,12-13,15H,3H2,1H3. The second kappa shape index (κ2) is 5.23. The van der Waals surface area contributed by atoms with Crippen LogP contribution in [0.2, 0.25) is 5.02 Å². The van der Waals surface area contributed by atoms with Crippen molar-refractivity contribution in [1.82, 2.24) is 0 Å². The summed E-state index contributed by atoms with van der Waals surface area (Å²) in [6, 6.07) is 7.32. The molecule has 1 aromatic carbocycles. The maximum absolute atomic E-state index is 11.5. The highest BCUT2D eigenvalue weighted by molar-refractivity contribution is 6.30. The van der Waals surface area contributed by atoms with Crippen molar-refractivity contribution in [3.8, 4) is 0 Å². The molecule has 4 heteroatoms. The maximum atomic E-state index is 11.5. The van der Waals surface area contributed by atoms with Gasteiger partial charge in [-0.3, -0.25) is 4.79 Å². The topological polar surface area (TPSA) is 38.3 Å². The van der Waals surface area contributed by atoms with Crippen LogP contribution in [-0.4, -0.2) is 12.0 Å². The number of hydrogen-bond acceptors (Lipinski definition) is 3. The number of Topliss-reactive ketones (excluding diaryl/α,β-unsaturated/α-hetero) is 1. The van der Waals surface area contributed by atoms with Crippen LogP contribution in [0, 0.1) is 5.92 Å². The minimum atomic E-state index is -0.307. The van der Waals surface area contributed by atoms with E-state index in [0.717, 1.165) is 5.69 Å². The number of ketones is 1. The summed E-state index contributed by atoms with van der Waals surface area (Å²) >= 11 is 5.81. The molecule has 0 spiro atoms. The number of halogens is 1. The Balaban J connectivity index is 2.08. The fraction of sp³-hybridized carbons (Fsp3) is 0.308. The van der Waals surface area contributed by atoms with E-state index in [0.29, 0.717) is 11.4 Å². The van der Waals surface area contributed by atoms with E-state index in [2.05, 4.69) is 5.32 Å². The summed E-state index contributed by atoms with van der Waals surface area (Å²) in [6.45, 7) is 1.59. The first-order valence-electron chi connectivity index (χ1n) is 5.50. The van der Waals surface area contributed by atoms with Crippen molar-refractivity contribution in [3.05, 3.63) is 41.6 Å². The van der Waals surface area contributed by atoms with Crippen LogP contribution in [0.4, 0.5) is 5.69 Å². The van der Waals surface area contributed by atoms with Crippen LogP contribution in [0.15, 0.2) is 36.6 Å². The van der Waals surface area contributed by atoms with Gasteiger partial charge in [-0.05, 0) is 43.7 Å². The van der Waals surface area contributed by atoms with Crippen LogP contribution in [0.3, 0.4) is 0 Å². The van der Waals surface area contributed by atoms with E-state index in [1.807, 2.05) is 18.2 Å². The van der Waals surface area contributed by atoms with Gasteiger partial charge in [0.1, 0.15) is 5.78 Å². The molecule has 2 atom stereocenters. The third-order valence-corrected chi connectivity index (χ3v) is 3.00. The normalized spacial score (nSPS) is 22.9. The molecular weight excluding hydrogens is 238 g/mol. The Kier molecular flexibility index (Phi) is 3.69. The quantitative estimate of drug-likeness (QED) is 0.897. The van der Waals surface area contributed by atoms with E-state index >= 15 is 0 Å². The minimum Gasteiger partial charge on any atom is -0.478 e. The van der Waals surface area contributed by atoms with Crippen molar-refractivity contribution in [1.29, 1.82) is 0 Å². The van der Waals surface area contributed by atoms with Gasteiger partial charge in [-0.1, -0.05) is 11.6 Å². The first kappa shape index (κ1) is 12.0. The highest BCUT2D eigenvalue weighted by Gasteiger charge is 2.27. The van der Waals surface area contributed by atoms with Crippen LogP contribution in [-0.2, 0) is 9.53 Å². The first-order chi connectivity index (χ1) is 8.16. The summed E-state index contributed by atoms with van der Waals surface area (Å²) in [6.07, 6.45) is 3.90. The number of allylic oxidation sites excluding steroid dienone is 1. The molecule has 90 valence electrons.